The molecule has 19 heavy (non-hydrogen) atoms. The predicted molar refractivity (Wildman–Crippen MR) is 76.2 cm³/mol. The molecule has 4 nitrogen and oxygen atoms in total. The van der Waals surface area contributed by atoms with Crippen LogP contribution in [0.15, 0.2) is 24.3 Å². The highest BCUT2D eigenvalue weighted by molar-refractivity contribution is 6.35. The molecule has 104 valence electrons. The lowest BCUT2D eigenvalue weighted by molar-refractivity contribution is -0.126. The van der Waals surface area contributed by atoms with Crippen LogP contribution in [0.5, 0.6) is 0 Å². The lowest BCUT2D eigenvalue weighted by atomic mass is 10.2. The van der Waals surface area contributed by atoms with Gasteiger partial charge in [-0.25, -0.2) is 0 Å². The van der Waals surface area contributed by atoms with Crippen molar-refractivity contribution in [2.75, 3.05) is 26.3 Å². The van der Waals surface area contributed by atoms with Gasteiger partial charge in [-0.2, -0.15) is 0 Å². The Morgan fingerprint density at radius 2 is 1.84 bits per heavy atom. The molecule has 0 saturated heterocycles. The third kappa shape index (κ3) is 5.20. The Morgan fingerprint density at radius 3 is 2.37 bits per heavy atom. The van der Waals surface area contributed by atoms with Crippen LogP contribution in [-0.2, 0) is 4.79 Å². The lowest BCUT2D eigenvalue weighted by Crippen LogP contribution is -2.34. The Bertz CT molecular complexity index is 457. The molecule has 0 bridgehead atoms. The molecule has 0 spiro atoms. The first-order chi connectivity index (χ1) is 9.08. The summed E-state index contributed by atoms with van der Waals surface area (Å²) in [6.45, 7) is 0.0543. The molecule has 0 aliphatic heterocycles. The van der Waals surface area contributed by atoms with Crippen molar-refractivity contribution in [3.8, 4) is 0 Å². The largest absolute Gasteiger partial charge is 0.395 e. The van der Waals surface area contributed by atoms with E-state index in [9.17, 15) is 4.79 Å². The van der Waals surface area contributed by atoms with Gasteiger partial charge >= 0.3 is 0 Å². The van der Waals surface area contributed by atoms with Crippen molar-refractivity contribution in [2.24, 2.45) is 0 Å². The average molecular weight is 304 g/mol. The molecule has 1 aromatic carbocycles. The maximum absolute atomic E-state index is 11.8. The van der Waals surface area contributed by atoms with Crippen LogP contribution in [-0.4, -0.2) is 47.3 Å². The Labute approximate surface area is 121 Å². The summed E-state index contributed by atoms with van der Waals surface area (Å²) in [4.78, 5) is 13.2. The SMILES string of the molecule is O=C(/C=C/c1ccc(Cl)cc1Cl)N(CCO)CCO. The van der Waals surface area contributed by atoms with Gasteiger partial charge in [0, 0.05) is 29.2 Å². The van der Waals surface area contributed by atoms with Crippen LogP contribution in [0.4, 0.5) is 0 Å². The molecule has 0 aliphatic rings. The van der Waals surface area contributed by atoms with Crippen molar-refractivity contribution in [3.63, 3.8) is 0 Å². The number of rotatable bonds is 6. The first kappa shape index (κ1) is 16.0. The van der Waals surface area contributed by atoms with E-state index in [2.05, 4.69) is 0 Å². The van der Waals surface area contributed by atoms with Gasteiger partial charge in [0.2, 0.25) is 5.91 Å². The molecule has 0 aromatic heterocycles. The third-order valence-electron chi connectivity index (χ3n) is 2.42. The van der Waals surface area contributed by atoms with Crippen molar-refractivity contribution in [1.29, 1.82) is 0 Å². The smallest absolute Gasteiger partial charge is 0.246 e. The summed E-state index contributed by atoms with van der Waals surface area (Å²) in [5.41, 5.74) is 0.673. The van der Waals surface area contributed by atoms with Crippen molar-refractivity contribution >= 4 is 35.2 Å². The Hall–Kier alpha value is -1.07. The average Bonchev–Trinajstić information content (AvgIpc) is 2.37. The van der Waals surface area contributed by atoms with E-state index in [1.807, 2.05) is 0 Å². The standard InChI is InChI=1S/C13H15Cl2NO3/c14-11-3-1-10(12(15)9-11)2-4-13(19)16(5-7-17)6-8-18/h1-4,9,17-18H,5-8H2/b4-2+. The van der Waals surface area contributed by atoms with E-state index < -0.39 is 0 Å². The maximum Gasteiger partial charge on any atom is 0.246 e. The van der Waals surface area contributed by atoms with Gasteiger partial charge in [-0.1, -0.05) is 29.3 Å². The number of aliphatic hydroxyl groups is 2. The van der Waals surface area contributed by atoms with E-state index in [1.165, 1.54) is 11.0 Å². The van der Waals surface area contributed by atoms with E-state index in [4.69, 9.17) is 33.4 Å². The Kier molecular flexibility index (Phi) is 6.87. The quantitative estimate of drug-likeness (QED) is 0.788. The van der Waals surface area contributed by atoms with Crippen LogP contribution in [0.1, 0.15) is 5.56 Å². The molecular weight excluding hydrogens is 289 g/mol. The number of benzene rings is 1. The van der Waals surface area contributed by atoms with Gasteiger partial charge < -0.3 is 15.1 Å². The number of hydrogen-bond donors (Lipinski definition) is 2. The summed E-state index contributed by atoms with van der Waals surface area (Å²) in [5.74, 6) is -0.297. The van der Waals surface area contributed by atoms with Gasteiger partial charge in [0.25, 0.3) is 0 Å². The van der Waals surface area contributed by atoms with Crippen LogP contribution in [0, 0.1) is 0 Å². The normalized spacial score (nSPS) is 10.9. The van der Waals surface area contributed by atoms with E-state index in [0.29, 0.717) is 15.6 Å². The minimum absolute atomic E-state index is 0.152. The summed E-state index contributed by atoms with van der Waals surface area (Å²) in [6.07, 6.45) is 2.92. The second kappa shape index (κ2) is 8.17. The molecule has 0 unspecified atom stereocenters. The minimum Gasteiger partial charge on any atom is -0.395 e. The number of amides is 1. The molecule has 1 aromatic rings. The van der Waals surface area contributed by atoms with E-state index in [1.54, 1.807) is 24.3 Å². The van der Waals surface area contributed by atoms with Crippen LogP contribution >= 0.6 is 23.2 Å². The molecule has 0 fully saturated rings. The molecule has 0 heterocycles. The topological polar surface area (TPSA) is 60.8 Å². The summed E-state index contributed by atoms with van der Waals surface area (Å²) in [7, 11) is 0. The Balaban J connectivity index is 2.76. The molecule has 1 amide bonds. The van der Waals surface area contributed by atoms with Crippen LogP contribution in [0.3, 0.4) is 0 Å². The zero-order chi connectivity index (χ0) is 14.3. The molecule has 0 aliphatic carbocycles. The first-order valence-electron chi connectivity index (χ1n) is 5.72. The van der Waals surface area contributed by atoms with Crippen molar-refractivity contribution in [1.82, 2.24) is 4.90 Å². The number of hydrogen-bond acceptors (Lipinski definition) is 3. The summed E-state index contributed by atoms with van der Waals surface area (Å²) < 4.78 is 0. The zero-order valence-corrected chi connectivity index (χ0v) is 11.7. The molecule has 2 N–H and O–H groups in total. The molecule has 6 heteroatoms. The predicted octanol–water partition coefficient (Wildman–Crippen LogP) is 1.82. The number of carbonyl (C=O) groups excluding carboxylic acids is 1. The molecular formula is C13H15Cl2NO3. The number of halogens is 2. The van der Waals surface area contributed by atoms with Gasteiger partial charge in [-0.05, 0) is 23.8 Å². The maximum atomic E-state index is 11.8. The number of carbonyl (C=O) groups is 1. The summed E-state index contributed by atoms with van der Waals surface area (Å²) in [5, 5.41) is 18.6. The second-order valence-corrected chi connectivity index (χ2v) is 4.62. The van der Waals surface area contributed by atoms with Gasteiger partial charge in [-0.3, -0.25) is 4.79 Å². The van der Waals surface area contributed by atoms with Crippen LogP contribution in [0.25, 0.3) is 6.08 Å². The summed E-state index contributed by atoms with van der Waals surface area (Å²) in [6, 6.07) is 4.97. The summed E-state index contributed by atoms with van der Waals surface area (Å²) >= 11 is 11.7. The Morgan fingerprint density at radius 1 is 1.21 bits per heavy atom. The minimum atomic E-state index is -0.297. The van der Waals surface area contributed by atoms with Gasteiger partial charge in [0.05, 0.1) is 13.2 Å². The monoisotopic (exact) mass is 303 g/mol. The van der Waals surface area contributed by atoms with E-state index in [-0.39, 0.29) is 32.2 Å². The highest BCUT2D eigenvalue weighted by Gasteiger charge is 2.09. The fourth-order valence-corrected chi connectivity index (χ4v) is 1.95. The molecule has 0 radical (unpaired) electrons. The molecule has 0 atom stereocenters. The van der Waals surface area contributed by atoms with Gasteiger partial charge in [0.15, 0.2) is 0 Å². The van der Waals surface area contributed by atoms with Crippen LogP contribution < -0.4 is 0 Å². The first-order valence-corrected chi connectivity index (χ1v) is 6.48. The highest BCUT2D eigenvalue weighted by atomic mass is 35.5. The number of nitrogens with zero attached hydrogens (tertiary/aromatic N) is 1. The fourth-order valence-electron chi connectivity index (χ4n) is 1.48. The van der Waals surface area contributed by atoms with Gasteiger partial charge in [-0.15, -0.1) is 0 Å². The van der Waals surface area contributed by atoms with Gasteiger partial charge in [0.1, 0.15) is 0 Å². The van der Waals surface area contributed by atoms with Crippen molar-refractivity contribution < 1.29 is 15.0 Å². The van der Waals surface area contributed by atoms with E-state index >= 15 is 0 Å². The zero-order valence-electron chi connectivity index (χ0n) is 10.2. The lowest BCUT2D eigenvalue weighted by Gasteiger charge is -2.18. The second-order valence-electron chi connectivity index (χ2n) is 3.77. The van der Waals surface area contributed by atoms with E-state index in [0.717, 1.165) is 0 Å². The fraction of sp³-hybridized carbons (Fsp3) is 0.308. The highest BCUT2D eigenvalue weighted by Crippen LogP contribution is 2.21. The van der Waals surface area contributed by atoms with Crippen LogP contribution in [0.2, 0.25) is 10.0 Å². The molecule has 1 rings (SSSR count). The number of aliphatic hydroxyl groups excluding tert-OH is 2. The van der Waals surface area contributed by atoms with Crippen molar-refractivity contribution in [2.45, 2.75) is 0 Å². The molecule has 0 saturated carbocycles. The third-order valence-corrected chi connectivity index (χ3v) is 2.98. The van der Waals surface area contributed by atoms with Crippen molar-refractivity contribution in [3.05, 3.63) is 39.9 Å².